The molecule has 1 saturated heterocycles. The van der Waals surface area contributed by atoms with E-state index in [-0.39, 0.29) is 23.3 Å². The monoisotopic (exact) mass is 298 g/mol. The van der Waals surface area contributed by atoms with Crippen molar-refractivity contribution in [3.63, 3.8) is 0 Å². The summed E-state index contributed by atoms with van der Waals surface area (Å²) in [7, 11) is 0. The van der Waals surface area contributed by atoms with Crippen LogP contribution in [-0.2, 0) is 15.1 Å². The fourth-order valence-corrected chi connectivity index (χ4v) is 3.20. The second kappa shape index (κ2) is 5.95. The summed E-state index contributed by atoms with van der Waals surface area (Å²) in [4.78, 5) is 25.9. The number of carbonyl (C=O) groups is 2. The van der Waals surface area contributed by atoms with E-state index < -0.39 is 0 Å². The van der Waals surface area contributed by atoms with Gasteiger partial charge in [-0.05, 0) is 37.3 Å². The number of nitrogens with one attached hydrogen (secondary N) is 1. The molecule has 0 unspecified atom stereocenters. The highest BCUT2D eigenvalue weighted by atomic mass is 16.2. The van der Waals surface area contributed by atoms with Crippen LogP contribution in [0.3, 0.4) is 0 Å². The highest BCUT2D eigenvalue weighted by Gasteiger charge is 2.46. The van der Waals surface area contributed by atoms with E-state index in [1.54, 1.807) is 4.90 Å². The van der Waals surface area contributed by atoms with Gasteiger partial charge in [-0.1, -0.05) is 36.9 Å². The Morgan fingerprint density at radius 1 is 1.18 bits per heavy atom. The normalized spacial score (nSPS) is 20.3. The Balaban J connectivity index is 1.58. The van der Waals surface area contributed by atoms with E-state index in [1.165, 1.54) is 11.6 Å². The number of hydrogen-bond donors (Lipinski definition) is 1. The molecule has 1 heterocycles. The van der Waals surface area contributed by atoms with Gasteiger partial charge in [0.25, 0.3) is 0 Å². The molecule has 1 aliphatic carbocycles. The molecule has 1 N–H and O–H groups in total. The van der Waals surface area contributed by atoms with E-state index in [4.69, 9.17) is 0 Å². The SMILES string of the molecule is C=CC(=O)N1CCC(C(=O)NC2(c3ccccc3)CC2)CC1. The van der Waals surface area contributed by atoms with E-state index in [1.807, 2.05) is 18.2 Å². The van der Waals surface area contributed by atoms with Crippen LogP contribution in [0.5, 0.6) is 0 Å². The van der Waals surface area contributed by atoms with Crippen LogP contribution in [0.15, 0.2) is 43.0 Å². The van der Waals surface area contributed by atoms with Crippen molar-refractivity contribution in [2.75, 3.05) is 13.1 Å². The van der Waals surface area contributed by atoms with E-state index in [2.05, 4.69) is 24.0 Å². The zero-order valence-electron chi connectivity index (χ0n) is 12.8. The van der Waals surface area contributed by atoms with Crippen LogP contribution < -0.4 is 5.32 Å². The molecule has 0 spiro atoms. The largest absolute Gasteiger partial charge is 0.346 e. The van der Waals surface area contributed by atoms with Gasteiger partial charge in [0.1, 0.15) is 0 Å². The zero-order valence-corrected chi connectivity index (χ0v) is 12.8. The van der Waals surface area contributed by atoms with Crippen LogP contribution in [-0.4, -0.2) is 29.8 Å². The number of rotatable bonds is 4. The first-order valence-corrected chi connectivity index (χ1v) is 7.93. The fraction of sp³-hybridized carbons (Fsp3) is 0.444. The van der Waals surface area contributed by atoms with E-state index in [0.29, 0.717) is 13.1 Å². The molecule has 2 fully saturated rings. The summed E-state index contributed by atoms with van der Waals surface area (Å²) in [5, 5.41) is 3.25. The van der Waals surface area contributed by atoms with Gasteiger partial charge in [0.05, 0.1) is 5.54 Å². The third-order valence-corrected chi connectivity index (χ3v) is 4.79. The lowest BCUT2D eigenvalue weighted by molar-refractivity contribution is -0.132. The molecule has 0 radical (unpaired) electrons. The van der Waals surface area contributed by atoms with Gasteiger partial charge in [0, 0.05) is 19.0 Å². The van der Waals surface area contributed by atoms with Gasteiger partial charge in [-0.15, -0.1) is 0 Å². The van der Waals surface area contributed by atoms with Crippen LogP contribution in [0.2, 0.25) is 0 Å². The Labute approximate surface area is 131 Å². The van der Waals surface area contributed by atoms with E-state index in [9.17, 15) is 9.59 Å². The van der Waals surface area contributed by atoms with Crippen LogP contribution in [0.25, 0.3) is 0 Å². The lowest BCUT2D eigenvalue weighted by Crippen LogP contribution is -2.45. The van der Waals surface area contributed by atoms with Crippen molar-refractivity contribution >= 4 is 11.8 Å². The number of benzene rings is 1. The summed E-state index contributed by atoms with van der Waals surface area (Å²) in [6.07, 6.45) is 4.83. The summed E-state index contributed by atoms with van der Waals surface area (Å²) < 4.78 is 0. The van der Waals surface area contributed by atoms with E-state index in [0.717, 1.165) is 25.7 Å². The van der Waals surface area contributed by atoms with Gasteiger partial charge in [-0.3, -0.25) is 9.59 Å². The number of likely N-dealkylation sites (tertiary alicyclic amines) is 1. The Bertz CT molecular complexity index is 570. The van der Waals surface area contributed by atoms with Crippen molar-refractivity contribution in [2.24, 2.45) is 5.92 Å². The van der Waals surface area contributed by atoms with Gasteiger partial charge >= 0.3 is 0 Å². The van der Waals surface area contributed by atoms with Gasteiger partial charge in [0.15, 0.2) is 0 Å². The van der Waals surface area contributed by atoms with Crippen molar-refractivity contribution in [3.8, 4) is 0 Å². The summed E-state index contributed by atoms with van der Waals surface area (Å²) in [6, 6.07) is 10.2. The number of nitrogens with zero attached hydrogens (tertiary/aromatic N) is 1. The highest BCUT2D eigenvalue weighted by molar-refractivity contribution is 5.87. The topological polar surface area (TPSA) is 49.4 Å². The molecular formula is C18H22N2O2. The minimum atomic E-state index is -0.146. The molecule has 4 nitrogen and oxygen atoms in total. The highest BCUT2D eigenvalue weighted by Crippen LogP contribution is 2.45. The minimum Gasteiger partial charge on any atom is -0.346 e. The Morgan fingerprint density at radius 3 is 2.36 bits per heavy atom. The summed E-state index contributed by atoms with van der Waals surface area (Å²) in [6.45, 7) is 4.79. The van der Waals surface area contributed by atoms with Crippen molar-refractivity contribution < 1.29 is 9.59 Å². The third kappa shape index (κ3) is 2.91. The van der Waals surface area contributed by atoms with Gasteiger partial charge in [-0.2, -0.15) is 0 Å². The average molecular weight is 298 g/mol. The maximum absolute atomic E-state index is 12.5. The third-order valence-electron chi connectivity index (χ3n) is 4.79. The quantitative estimate of drug-likeness (QED) is 0.867. The predicted molar refractivity (Wildman–Crippen MR) is 85.0 cm³/mol. The second-order valence-electron chi connectivity index (χ2n) is 6.24. The molecule has 1 saturated carbocycles. The van der Waals surface area contributed by atoms with E-state index >= 15 is 0 Å². The Hall–Kier alpha value is -2.10. The molecule has 116 valence electrons. The summed E-state index contributed by atoms with van der Waals surface area (Å²) >= 11 is 0. The number of piperidine rings is 1. The molecule has 2 amide bonds. The predicted octanol–water partition coefficient (Wildman–Crippen LogP) is 2.22. The molecule has 2 aliphatic rings. The standard InChI is InChI=1S/C18H22N2O2/c1-2-16(21)20-12-8-14(9-13-20)17(22)19-18(10-11-18)15-6-4-3-5-7-15/h2-7,14H,1,8-13H2,(H,19,22). The molecule has 4 heteroatoms. The van der Waals surface area contributed by atoms with Gasteiger partial charge in [0.2, 0.25) is 11.8 Å². The Kier molecular flexibility index (Phi) is 4.01. The molecule has 1 aromatic rings. The van der Waals surface area contributed by atoms with Gasteiger partial charge in [-0.25, -0.2) is 0 Å². The minimum absolute atomic E-state index is 0.00931. The smallest absolute Gasteiger partial charge is 0.245 e. The molecular weight excluding hydrogens is 276 g/mol. The van der Waals surface area contributed by atoms with Crippen LogP contribution in [0.1, 0.15) is 31.2 Å². The first-order chi connectivity index (χ1) is 10.6. The molecule has 3 rings (SSSR count). The zero-order chi connectivity index (χ0) is 15.6. The maximum atomic E-state index is 12.5. The van der Waals surface area contributed by atoms with Crippen molar-refractivity contribution in [3.05, 3.63) is 48.6 Å². The van der Waals surface area contributed by atoms with Crippen LogP contribution in [0.4, 0.5) is 0 Å². The first-order valence-electron chi connectivity index (χ1n) is 7.93. The van der Waals surface area contributed by atoms with Crippen molar-refractivity contribution in [1.29, 1.82) is 0 Å². The molecule has 22 heavy (non-hydrogen) atoms. The Morgan fingerprint density at radius 2 is 1.82 bits per heavy atom. The lowest BCUT2D eigenvalue weighted by atomic mass is 9.94. The lowest BCUT2D eigenvalue weighted by Gasteiger charge is -2.31. The molecule has 0 aromatic heterocycles. The van der Waals surface area contributed by atoms with Crippen LogP contribution in [0, 0.1) is 5.92 Å². The molecule has 0 bridgehead atoms. The second-order valence-corrected chi connectivity index (χ2v) is 6.24. The maximum Gasteiger partial charge on any atom is 0.245 e. The average Bonchev–Trinajstić information content (AvgIpc) is 3.36. The summed E-state index contributed by atoms with van der Waals surface area (Å²) in [5.41, 5.74) is 1.05. The molecule has 1 aromatic carbocycles. The number of hydrogen-bond acceptors (Lipinski definition) is 2. The first kappa shape index (κ1) is 14.8. The van der Waals surface area contributed by atoms with Crippen LogP contribution >= 0.6 is 0 Å². The number of amides is 2. The van der Waals surface area contributed by atoms with Crippen molar-refractivity contribution in [2.45, 2.75) is 31.2 Å². The molecule has 1 aliphatic heterocycles. The number of carbonyl (C=O) groups excluding carboxylic acids is 2. The van der Waals surface area contributed by atoms with Gasteiger partial charge < -0.3 is 10.2 Å². The summed E-state index contributed by atoms with van der Waals surface area (Å²) in [5.74, 6) is 0.101. The van der Waals surface area contributed by atoms with Crippen molar-refractivity contribution in [1.82, 2.24) is 10.2 Å². The fourth-order valence-electron chi connectivity index (χ4n) is 3.20. The molecule has 0 atom stereocenters.